The fourth-order valence-electron chi connectivity index (χ4n) is 0.255. The summed E-state index contributed by atoms with van der Waals surface area (Å²) < 4.78 is 8.88. The topological polar surface area (TPSA) is 157 Å². The molecule has 1 aromatic rings. The van der Waals surface area contributed by atoms with Crippen molar-refractivity contribution in [2.75, 3.05) is 13.2 Å². The van der Waals surface area contributed by atoms with Gasteiger partial charge in [0.1, 0.15) is 19.0 Å². The molecule has 0 aromatic carbocycles. The van der Waals surface area contributed by atoms with Crippen LogP contribution >= 0.6 is 7.82 Å². The van der Waals surface area contributed by atoms with E-state index >= 15 is 0 Å². The average Bonchev–Trinajstić information content (AvgIpc) is 2.30. The van der Waals surface area contributed by atoms with Gasteiger partial charge in [-0.25, -0.2) is 19.5 Å². The Balaban J connectivity index is 0. The molecule has 0 aliphatic carbocycles. The van der Waals surface area contributed by atoms with Gasteiger partial charge in [-0.2, -0.15) is 0 Å². The van der Waals surface area contributed by atoms with Crippen LogP contribution in [0.2, 0.25) is 0 Å². The fraction of sp³-hybridized carbons (Fsp3) is 0.625. The highest BCUT2D eigenvalue weighted by atomic mass is 31.2. The lowest BCUT2D eigenvalue weighted by molar-refractivity contribution is 0.0857. The zero-order valence-corrected chi connectivity index (χ0v) is 11.0. The molecule has 0 aliphatic heterocycles. The van der Waals surface area contributed by atoms with Gasteiger partial charge in [0, 0.05) is 5.41 Å². The highest BCUT2D eigenvalue weighted by Crippen LogP contribution is 2.25. The van der Waals surface area contributed by atoms with E-state index in [1.165, 1.54) is 19.0 Å². The second kappa shape index (κ2) is 10.0. The monoisotopic (exact) mass is 283 g/mol. The summed E-state index contributed by atoms with van der Waals surface area (Å²) in [7, 11) is -4.64. The molecular weight excluding hydrogens is 265 g/mol. The Kier molecular flexibility index (Phi) is 10.8. The van der Waals surface area contributed by atoms with Gasteiger partial charge in [0.15, 0.2) is 0 Å². The first-order valence-corrected chi connectivity index (χ1v) is 6.24. The number of hydrogen-bond acceptors (Lipinski definition) is 6. The standard InChI is InChI=1S/C5H12O2.C3H3N3.H3O4P/c1-5(2,3-6)4-7;1-4-2-6-3-5-1;1-5(2,3)4/h6-7H,3-4H2,1-2H3;1-3H;(H3,1,2,3,4). The van der Waals surface area contributed by atoms with E-state index in [1.807, 2.05) is 0 Å². The normalized spacial score (nSPS) is 10.6. The first-order chi connectivity index (χ1) is 8.12. The van der Waals surface area contributed by atoms with Crippen LogP contribution in [0.1, 0.15) is 13.8 Å². The van der Waals surface area contributed by atoms with Gasteiger partial charge in [0.05, 0.1) is 13.2 Å². The number of aliphatic hydroxyl groups excluding tert-OH is 2. The third-order valence-corrected chi connectivity index (χ3v) is 1.26. The van der Waals surface area contributed by atoms with Crippen molar-refractivity contribution >= 4 is 7.82 Å². The van der Waals surface area contributed by atoms with Gasteiger partial charge in [-0.15, -0.1) is 0 Å². The molecule has 0 radical (unpaired) electrons. The minimum atomic E-state index is -4.64. The zero-order valence-electron chi connectivity index (χ0n) is 10.1. The van der Waals surface area contributed by atoms with Gasteiger partial charge in [0.2, 0.25) is 0 Å². The van der Waals surface area contributed by atoms with Crippen molar-refractivity contribution in [3.63, 3.8) is 0 Å². The molecule has 18 heavy (non-hydrogen) atoms. The molecular formula is C8H18N3O6P. The quantitative estimate of drug-likeness (QED) is 0.426. The molecule has 106 valence electrons. The average molecular weight is 283 g/mol. The molecule has 0 atom stereocenters. The van der Waals surface area contributed by atoms with Gasteiger partial charge in [-0.3, -0.25) is 0 Å². The minimum Gasteiger partial charge on any atom is -0.396 e. The maximum atomic E-state index is 8.88. The van der Waals surface area contributed by atoms with Crippen molar-refractivity contribution in [3.8, 4) is 0 Å². The predicted molar refractivity (Wildman–Crippen MR) is 62.0 cm³/mol. The van der Waals surface area contributed by atoms with E-state index in [-0.39, 0.29) is 18.6 Å². The van der Waals surface area contributed by atoms with E-state index in [1.54, 1.807) is 13.8 Å². The molecule has 0 amide bonds. The van der Waals surface area contributed by atoms with Crippen molar-refractivity contribution in [2.45, 2.75) is 13.8 Å². The second-order valence-electron chi connectivity index (χ2n) is 3.79. The summed E-state index contributed by atoms with van der Waals surface area (Å²) in [6.07, 6.45) is 4.31. The van der Waals surface area contributed by atoms with Crippen LogP contribution in [-0.4, -0.2) is 53.1 Å². The Hall–Kier alpha value is -0.960. The Morgan fingerprint density at radius 3 is 1.22 bits per heavy atom. The lowest BCUT2D eigenvalue weighted by Crippen LogP contribution is -2.20. The van der Waals surface area contributed by atoms with Crippen LogP contribution in [0.3, 0.4) is 0 Å². The molecule has 10 heteroatoms. The molecule has 1 aromatic heterocycles. The van der Waals surface area contributed by atoms with E-state index < -0.39 is 7.82 Å². The van der Waals surface area contributed by atoms with Crippen LogP contribution in [0, 0.1) is 5.41 Å². The largest absolute Gasteiger partial charge is 0.466 e. The van der Waals surface area contributed by atoms with Crippen LogP contribution in [0.5, 0.6) is 0 Å². The van der Waals surface area contributed by atoms with E-state index in [2.05, 4.69) is 15.0 Å². The summed E-state index contributed by atoms with van der Waals surface area (Å²) in [6, 6.07) is 0. The Labute approximate surface area is 104 Å². The Morgan fingerprint density at radius 2 is 1.17 bits per heavy atom. The molecule has 1 heterocycles. The molecule has 5 N–H and O–H groups in total. The van der Waals surface area contributed by atoms with Gasteiger partial charge < -0.3 is 24.9 Å². The van der Waals surface area contributed by atoms with Crippen molar-refractivity contribution < 1.29 is 29.5 Å². The molecule has 0 saturated carbocycles. The Morgan fingerprint density at radius 1 is 0.944 bits per heavy atom. The third kappa shape index (κ3) is 24.3. The van der Waals surface area contributed by atoms with E-state index in [0.29, 0.717) is 0 Å². The van der Waals surface area contributed by atoms with Gasteiger partial charge in [-0.1, -0.05) is 13.8 Å². The summed E-state index contributed by atoms with van der Waals surface area (Å²) in [5.41, 5.74) is -0.306. The van der Waals surface area contributed by atoms with Crippen LogP contribution in [0.25, 0.3) is 0 Å². The Bertz CT molecular complexity index is 290. The zero-order chi connectivity index (χ0) is 14.7. The first kappa shape index (κ1) is 19.4. The maximum Gasteiger partial charge on any atom is 0.466 e. The summed E-state index contributed by atoms with van der Waals surface area (Å²) >= 11 is 0. The van der Waals surface area contributed by atoms with Crippen molar-refractivity contribution in [1.29, 1.82) is 0 Å². The van der Waals surface area contributed by atoms with Gasteiger partial charge in [0.25, 0.3) is 0 Å². The number of aliphatic hydroxyl groups is 2. The molecule has 0 bridgehead atoms. The van der Waals surface area contributed by atoms with E-state index in [4.69, 9.17) is 29.5 Å². The van der Waals surface area contributed by atoms with Crippen molar-refractivity contribution in [1.82, 2.24) is 15.0 Å². The second-order valence-corrected chi connectivity index (χ2v) is 4.81. The predicted octanol–water partition coefficient (Wildman–Crippen LogP) is -1.06. The lowest BCUT2D eigenvalue weighted by atomic mass is 9.97. The van der Waals surface area contributed by atoms with E-state index in [9.17, 15) is 0 Å². The maximum absolute atomic E-state index is 8.88. The number of rotatable bonds is 2. The SMILES string of the molecule is CC(C)(CO)CO.O=P(O)(O)O.c1ncncn1. The summed E-state index contributed by atoms with van der Waals surface area (Å²) in [6.45, 7) is 3.69. The van der Waals surface area contributed by atoms with Crippen LogP contribution < -0.4 is 0 Å². The first-order valence-electron chi connectivity index (χ1n) is 4.67. The third-order valence-electron chi connectivity index (χ3n) is 1.26. The smallest absolute Gasteiger partial charge is 0.396 e. The fourth-order valence-corrected chi connectivity index (χ4v) is 0.255. The summed E-state index contributed by atoms with van der Waals surface area (Å²) in [4.78, 5) is 32.2. The number of nitrogens with zero attached hydrogens (tertiary/aromatic N) is 3. The van der Waals surface area contributed by atoms with E-state index in [0.717, 1.165) is 0 Å². The van der Waals surface area contributed by atoms with Crippen molar-refractivity contribution in [3.05, 3.63) is 19.0 Å². The van der Waals surface area contributed by atoms with Crippen LogP contribution in [0.4, 0.5) is 0 Å². The van der Waals surface area contributed by atoms with Crippen molar-refractivity contribution in [2.24, 2.45) is 5.41 Å². The highest BCUT2D eigenvalue weighted by molar-refractivity contribution is 7.45. The van der Waals surface area contributed by atoms with Gasteiger partial charge in [-0.05, 0) is 0 Å². The lowest BCUT2D eigenvalue weighted by Gasteiger charge is -2.16. The molecule has 0 fully saturated rings. The molecule has 0 saturated heterocycles. The molecule has 9 nitrogen and oxygen atoms in total. The minimum absolute atomic E-state index is 0.0451. The molecule has 1 rings (SSSR count). The van der Waals surface area contributed by atoms with Crippen LogP contribution in [0.15, 0.2) is 19.0 Å². The van der Waals surface area contributed by atoms with Gasteiger partial charge >= 0.3 is 7.82 Å². The number of phosphoric acid groups is 1. The number of aromatic nitrogens is 3. The molecule has 0 aliphatic rings. The summed E-state index contributed by atoms with van der Waals surface area (Å²) in [5, 5.41) is 16.9. The molecule has 0 spiro atoms. The van der Waals surface area contributed by atoms with Crippen LogP contribution in [-0.2, 0) is 4.57 Å². The highest BCUT2D eigenvalue weighted by Gasteiger charge is 2.13. The summed E-state index contributed by atoms with van der Waals surface area (Å²) in [5.74, 6) is 0. The molecule has 0 unspecified atom stereocenters. The number of hydrogen-bond donors (Lipinski definition) is 5.